The largest absolute Gasteiger partial charge is 0.481 e. The molecule has 4 heteroatoms. The molecule has 2 rings (SSSR count). The third-order valence-corrected chi connectivity index (χ3v) is 2.96. The zero-order valence-corrected chi connectivity index (χ0v) is 9.16. The van der Waals surface area contributed by atoms with Gasteiger partial charge in [-0.05, 0) is 38.7 Å². The van der Waals surface area contributed by atoms with Crippen molar-refractivity contribution in [2.75, 3.05) is 0 Å². The van der Waals surface area contributed by atoms with E-state index in [-0.39, 0.29) is 6.42 Å². The number of carboxylic acid groups (broad SMARTS) is 1. The molecule has 1 aromatic rings. The molecule has 1 aliphatic carbocycles. The maximum Gasteiger partial charge on any atom is 0.303 e. The summed E-state index contributed by atoms with van der Waals surface area (Å²) in [5, 5.41) is 13.1. The van der Waals surface area contributed by atoms with Gasteiger partial charge in [-0.3, -0.25) is 9.48 Å². The number of hydrogen-bond donors (Lipinski definition) is 1. The summed E-state index contributed by atoms with van der Waals surface area (Å²) in [7, 11) is 0. The molecule has 0 bridgehead atoms. The fourth-order valence-electron chi connectivity index (χ4n) is 1.97. The highest BCUT2D eigenvalue weighted by molar-refractivity contribution is 5.67. The number of hydrogen-bond acceptors (Lipinski definition) is 2. The van der Waals surface area contributed by atoms with Crippen molar-refractivity contribution in [3.8, 4) is 0 Å². The highest BCUT2D eigenvalue weighted by Gasteiger charge is 2.27. The van der Waals surface area contributed by atoms with Crippen molar-refractivity contribution in [3.05, 3.63) is 17.0 Å². The highest BCUT2D eigenvalue weighted by Crippen LogP contribution is 2.36. The first kappa shape index (κ1) is 10.2. The van der Waals surface area contributed by atoms with Gasteiger partial charge >= 0.3 is 5.97 Å². The van der Waals surface area contributed by atoms with Crippen LogP contribution in [0.4, 0.5) is 0 Å². The molecule has 1 aliphatic rings. The Morgan fingerprint density at radius 3 is 2.73 bits per heavy atom. The Labute approximate surface area is 88.9 Å². The molecule has 0 aromatic carbocycles. The Bertz CT molecular complexity index is 392. The van der Waals surface area contributed by atoms with Crippen LogP contribution in [0.1, 0.15) is 42.3 Å². The maximum absolute atomic E-state index is 10.5. The van der Waals surface area contributed by atoms with Gasteiger partial charge in [0.15, 0.2) is 0 Å². The van der Waals surface area contributed by atoms with Crippen LogP contribution in [0, 0.1) is 13.8 Å². The van der Waals surface area contributed by atoms with Crippen LogP contribution >= 0.6 is 0 Å². The Morgan fingerprint density at radius 1 is 1.53 bits per heavy atom. The van der Waals surface area contributed by atoms with Gasteiger partial charge in [0.05, 0.1) is 11.7 Å². The lowest BCUT2D eigenvalue weighted by Gasteiger charge is -2.02. The van der Waals surface area contributed by atoms with Gasteiger partial charge in [-0.25, -0.2) is 0 Å². The van der Waals surface area contributed by atoms with E-state index in [4.69, 9.17) is 5.11 Å². The normalized spacial score (nSPS) is 15.6. The van der Waals surface area contributed by atoms with Crippen LogP contribution in [-0.2, 0) is 11.2 Å². The van der Waals surface area contributed by atoms with Gasteiger partial charge in [0.2, 0.25) is 0 Å². The smallest absolute Gasteiger partial charge is 0.303 e. The van der Waals surface area contributed by atoms with Crippen molar-refractivity contribution in [3.63, 3.8) is 0 Å². The quantitative estimate of drug-likeness (QED) is 0.821. The first-order valence-corrected chi connectivity index (χ1v) is 5.36. The van der Waals surface area contributed by atoms with E-state index in [0.29, 0.717) is 12.5 Å². The standard InChI is InChI=1S/C11H16N2O2/c1-7-10(5-6-11(14)15)8(2)13(12-7)9-3-4-9/h9H,3-6H2,1-2H3,(H,14,15). The molecule has 82 valence electrons. The molecule has 1 fully saturated rings. The Balaban J connectivity index is 2.18. The molecule has 1 heterocycles. The van der Waals surface area contributed by atoms with Gasteiger partial charge in [-0.2, -0.15) is 5.10 Å². The summed E-state index contributed by atoms with van der Waals surface area (Å²) in [6.45, 7) is 4.00. The van der Waals surface area contributed by atoms with E-state index in [2.05, 4.69) is 9.78 Å². The molecular formula is C11H16N2O2. The van der Waals surface area contributed by atoms with Crippen LogP contribution in [0.5, 0.6) is 0 Å². The minimum Gasteiger partial charge on any atom is -0.481 e. The summed E-state index contributed by atoms with van der Waals surface area (Å²) in [5.41, 5.74) is 3.25. The van der Waals surface area contributed by atoms with E-state index in [1.807, 2.05) is 13.8 Å². The van der Waals surface area contributed by atoms with Crippen molar-refractivity contribution in [1.82, 2.24) is 9.78 Å². The SMILES string of the molecule is Cc1nn(C2CC2)c(C)c1CCC(=O)O. The lowest BCUT2D eigenvalue weighted by atomic mass is 10.1. The minimum atomic E-state index is -0.743. The number of aryl methyl sites for hydroxylation is 1. The first-order chi connectivity index (χ1) is 7.09. The van der Waals surface area contributed by atoms with E-state index in [1.54, 1.807) is 0 Å². The van der Waals surface area contributed by atoms with E-state index < -0.39 is 5.97 Å². The number of aliphatic carboxylic acids is 1. The van der Waals surface area contributed by atoms with Gasteiger partial charge in [-0.15, -0.1) is 0 Å². The lowest BCUT2D eigenvalue weighted by Crippen LogP contribution is -2.01. The summed E-state index contributed by atoms with van der Waals surface area (Å²) in [5.74, 6) is -0.743. The zero-order valence-electron chi connectivity index (χ0n) is 9.16. The summed E-state index contributed by atoms with van der Waals surface area (Å²) in [6, 6.07) is 0.572. The molecule has 0 aliphatic heterocycles. The second kappa shape index (κ2) is 3.68. The van der Waals surface area contributed by atoms with E-state index in [0.717, 1.165) is 17.0 Å². The minimum absolute atomic E-state index is 0.192. The molecule has 0 unspecified atom stereocenters. The van der Waals surface area contributed by atoms with Crippen LogP contribution < -0.4 is 0 Å². The Kier molecular flexibility index (Phi) is 2.50. The zero-order chi connectivity index (χ0) is 11.0. The van der Waals surface area contributed by atoms with Crippen molar-refractivity contribution in [1.29, 1.82) is 0 Å². The molecular weight excluding hydrogens is 192 g/mol. The molecule has 4 nitrogen and oxygen atoms in total. The summed E-state index contributed by atoms with van der Waals surface area (Å²) >= 11 is 0. The number of carboxylic acids is 1. The Hall–Kier alpha value is -1.32. The van der Waals surface area contributed by atoms with Gasteiger partial charge in [0.25, 0.3) is 0 Å². The van der Waals surface area contributed by atoms with Gasteiger partial charge in [-0.1, -0.05) is 0 Å². The second-order valence-corrected chi connectivity index (χ2v) is 4.22. The third-order valence-electron chi connectivity index (χ3n) is 2.96. The van der Waals surface area contributed by atoms with Crippen molar-refractivity contribution in [2.24, 2.45) is 0 Å². The average Bonchev–Trinajstić information content (AvgIpc) is 2.93. The lowest BCUT2D eigenvalue weighted by molar-refractivity contribution is -0.136. The number of aromatic nitrogens is 2. The average molecular weight is 208 g/mol. The van der Waals surface area contributed by atoms with Crippen LogP contribution in [0.3, 0.4) is 0 Å². The number of rotatable bonds is 4. The molecule has 0 amide bonds. The molecule has 0 spiro atoms. The number of carbonyl (C=O) groups is 1. The third kappa shape index (κ3) is 2.03. The van der Waals surface area contributed by atoms with Crippen molar-refractivity contribution < 1.29 is 9.90 Å². The molecule has 1 saturated carbocycles. The molecule has 1 N–H and O–H groups in total. The summed E-state index contributed by atoms with van der Waals surface area (Å²) < 4.78 is 2.06. The monoisotopic (exact) mass is 208 g/mol. The van der Waals surface area contributed by atoms with Crippen molar-refractivity contribution in [2.45, 2.75) is 45.6 Å². The summed E-state index contributed by atoms with van der Waals surface area (Å²) in [6.07, 6.45) is 3.21. The van der Waals surface area contributed by atoms with Crippen LogP contribution in [0.2, 0.25) is 0 Å². The van der Waals surface area contributed by atoms with Gasteiger partial charge < -0.3 is 5.11 Å². The van der Waals surface area contributed by atoms with Crippen LogP contribution in [-0.4, -0.2) is 20.9 Å². The predicted octanol–water partition coefficient (Wildman–Crippen LogP) is 1.85. The highest BCUT2D eigenvalue weighted by atomic mass is 16.4. The number of nitrogens with zero attached hydrogens (tertiary/aromatic N) is 2. The molecule has 0 atom stereocenters. The summed E-state index contributed by atoms with van der Waals surface area (Å²) in [4.78, 5) is 10.5. The Morgan fingerprint density at radius 2 is 2.20 bits per heavy atom. The fraction of sp³-hybridized carbons (Fsp3) is 0.636. The van der Waals surface area contributed by atoms with E-state index in [9.17, 15) is 4.79 Å². The topological polar surface area (TPSA) is 55.1 Å². The fourth-order valence-corrected chi connectivity index (χ4v) is 1.97. The molecule has 15 heavy (non-hydrogen) atoms. The van der Waals surface area contributed by atoms with Gasteiger partial charge in [0.1, 0.15) is 0 Å². The molecule has 0 radical (unpaired) electrons. The van der Waals surface area contributed by atoms with Gasteiger partial charge in [0, 0.05) is 12.1 Å². The molecule has 1 aromatic heterocycles. The maximum atomic E-state index is 10.5. The van der Waals surface area contributed by atoms with E-state index >= 15 is 0 Å². The second-order valence-electron chi connectivity index (χ2n) is 4.22. The van der Waals surface area contributed by atoms with Crippen LogP contribution in [0.15, 0.2) is 0 Å². The molecule has 0 saturated heterocycles. The van der Waals surface area contributed by atoms with Crippen LogP contribution in [0.25, 0.3) is 0 Å². The van der Waals surface area contributed by atoms with Crippen molar-refractivity contribution >= 4 is 5.97 Å². The van der Waals surface area contributed by atoms with E-state index in [1.165, 1.54) is 12.8 Å². The predicted molar refractivity (Wildman–Crippen MR) is 55.9 cm³/mol. The first-order valence-electron chi connectivity index (χ1n) is 5.36.